The molecule has 3 heterocycles. The van der Waals surface area contributed by atoms with Crippen LogP contribution in [0.25, 0.3) is 43.6 Å². The quantitative estimate of drug-likeness (QED) is 0.0925. The Morgan fingerprint density at radius 2 is 1.84 bits per heavy atom. The van der Waals surface area contributed by atoms with Crippen LogP contribution in [0.3, 0.4) is 0 Å². The van der Waals surface area contributed by atoms with Crippen molar-refractivity contribution >= 4 is 83.4 Å². The number of fused-ring (bicyclic) bond motifs is 10. The fraction of sp³-hybridized carbons (Fsp3) is 0.267. The molecule has 3 aromatic carbocycles. The van der Waals surface area contributed by atoms with E-state index < -0.39 is 0 Å². The number of nitrogens with zero attached hydrogens (tertiary/aromatic N) is 1. The van der Waals surface area contributed by atoms with Gasteiger partial charge in [-0.15, -0.1) is 0 Å². The van der Waals surface area contributed by atoms with E-state index in [-0.39, 0.29) is 24.0 Å². The molecule has 0 saturated heterocycles. The Morgan fingerprint density at radius 3 is 2.66 bits per heavy atom. The highest BCUT2D eigenvalue weighted by molar-refractivity contribution is 9.10. The number of para-hydroxylation sites is 1. The average molecular weight is 589 g/mol. The van der Waals surface area contributed by atoms with Gasteiger partial charge < -0.3 is 13.7 Å². The summed E-state index contributed by atoms with van der Waals surface area (Å²) < 4.78 is 9.40. The van der Waals surface area contributed by atoms with Crippen molar-refractivity contribution in [2.75, 3.05) is 5.75 Å². The van der Waals surface area contributed by atoms with Gasteiger partial charge in [0, 0.05) is 49.2 Å². The minimum absolute atomic E-state index is 0.0117. The van der Waals surface area contributed by atoms with E-state index in [0.29, 0.717) is 17.0 Å². The molecular weight excluding hydrogens is 562 g/mol. The number of carbonyl (C=O) groups is 2. The van der Waals surface area contributed by atoms with Gasteiger partial charge in [-0.3, -0.25) is 14.9 Å². The molecule has 8 heteroatoms. The third kappa shape index (κ3) is 3.57. The second kappa shape index (κ2) is 9.00. The van der Waals surface area contributed by atoms with Gasteiger partial charge in [-0.1, -0.05) is 60.1 Å². The van der Waals surface area contributed by atoms with E-state index >= 15 is 0 Å². The fourth-order valence-electron chi connectivity index (χ4n) is 5.97. The number of hydrogen-bond acceptors (Lipinski definition) is 4. The molecule has 192 valence electrons. The van der Waals surface area contributed by atoms with Crippen molar-refractivity contribution in [2.24, 2.45) is 5.92 Å². The third-order valence-electron chi connectivity index (χ3n) is 7.66. The summed E-state index contributed by atoms with van der Waals surface area (Å²) in [5, 5.41) is 6.06. The van der Waals surface area contributed by atoms with E-state index in [4.69, 9.17) is 4.18 Å². The van der Waals surface area contributed by atoms with Crippen LogP contribution in [0.5, 0.6) is 0 Å². The Kier molecular flexibility index (Phi) is 5.69. The number of imide groups is 1. The number of H-pyrrole nitrogens is 1. The molecule has 2 aromatic heterocycles. The van der Waals surface area contributed by atoms with Gasteiger partial charge in [0.25, 0.3) is 11.8 Å². The van der Waals surface area contributed by atoms with Crippen molar-refractivity contribution in [3.63, 3.8) is 0 Å². The zero-order valence-corrected chi connectivity index (χ0v) is 23.4. The molecule has 5 aromatic rings. The van der Waals surface area contributed by atoms with Crippen LogP contribution in [0.2, 0.25) is 0 Å². The number of nitrogens with one attached hydrogen (secondary N) is 2. The number of amides is 2. The highest BCUT2D eigenvalue weighted by Gasteiger charge is 2.37. The lowest BCUT2D eigenvalue weighted by molar-refractivity contribution is 0.0880. The van der Waals surface area contributed by atoms with Crippen molar-refractivity contribution in [3.8, 4) is 0 Å². The van der Waals surface area contributed by atoms with Crippen molar-refractivity contribution < 1.29 is 13.8 Å². The normalized spacial score (nSPS) is 19.2. The smallest absolute Gasteiger partial charge is 0.259 e. The number of hydrogen-bond donors (Lipinski definition) is 2. The Labute approximate surface area is 232 Å². The van der Waals surface area contributed by atoms with Crippen LogP contribution in [0.4, 0.5) is 0 Å². The van der Waals surface area contributed by atoms with Gasteiger partial charge in [0.05, 0.1) is 34.3 Å². The number of aromatic amines is 1. The molecule has 2 amide bonds. The van der Waals surface area contributed by atoms with Crippen LogP contribution >= 0.6 is 28.0 Å². The summed E-state index contributed by atoms with van der Waals surface area (Å²) in [7, 11) is 0. The summed E-state index contributed by atoms with van der Waals surface area (Å²) in [5.74, 6) is 0.941. The van der Waals surface area contributed by atoms with Gasteiger partial charge in [-0.25, -0.2) is 0 Å². The second-order valence-corrected chi connectivity index (χ2v) is 12.3. The standard InChI is InChI=1S/C30H26BrN3O3S/c1-15(2)11-12-38-37-18-9-8-17(14-18)34-22-10-7-16(31)13-20(22)24-26-25(29(35)33-30(26)36)23-19-5-3-4-6-21(19)32-27(23)28(24)34/h3-10,13,15,17-18,32H,11-12,14H2,1-2H3,(H,33,35,36)/t17-,18+/m0/s1. The van der Waals surface area contributed by atoms with E-state index in [0.717, 1.165) is 66.7 Å². The highest BCUT2D eigenvalue weighted by atomic mass is 79.9. The van der Waals surface area contributed by atoms with E-state index in [1.165, 1.54) is 0 Å². The van der Waals surface area contributed by atoms with E-state index in [9.17, 15) is 9.59 Å². The van der Waals surface area contributed by atoms with E-state index in [2.05, 4.69) is 62.9 Å². The molecule has 0 spiro atoms. The van der Waals surface area contributed by atoms with Crippen LogP contribution < -0.4 is 5.32 Å². The van der Waals surface area contributed by atoms with Crippen LogP contribution in [0.1, 0.15) is 53.4 Å². The summed E-state index contributed by atoms with van der Waals surface area (Å²) in [6, 6.07) is 14.2. The van der Waals surface area contributed by atoms with Gasteiger partial charge >= 0.3 is 0 Å². The largest absolute Gasteiger partial charge is 0.353 e. The predicted molar refractivity (Wildman–Crippen MR) is 158 cm³/mol. The Bertz CT molecular complexity index is 1830. The first-order valence-corrected chi connectivity index (χ1v) is 14.6. The number of carbonyl (C=O) groups excluding carboxylic acids is 2. The molecule has 0 bridgehead atoms. The monoisotopic (exact) mass is 587 g/mol. The minimum Gasteiger partial charge on any atom is -0.353 e. The highest BCUT2D eigenvalue weighted by Crippen LogP contribution is 2.46. The molecule has 0 fully saturated rings. The molecule has 1 aliphatic carbocycles. The molecule has 1 aliphatic heterocycles. The Morgan fingerprint density at radius 1 is 1.05 bits per heavy atom. The number of benzene rings is 3. The lowest BCUT2D eigenvalue weighted by Crippen LogP contribution is -2.20. The number of rotatable bonds is 6. The second-order valence-electron chi connectivity index (χ2n) is 10.5. The summed E-state index contributed by atoms with van der Waals surface area (Å²) in [6.45, 7) is 4.45. The lowest BCUT2D eigenvalue weighted by atomic mass is 9.96. The van der Waals surface area contributed by atoms with E-state index in [1.807, 2.05) is 36.4 Å². The maximum absolute atomic E-state index is 13.3. The molecule has 2 N–H and O–H groups in total. The van der Waals surface area contributed by atoms with Gasteiger partial charge in [0.15, 0.2) is 0 Å². The summed E-state index contributed by atoms with van der Waals surface area (Å²) in [5.41, 5.74) is 4.69. The van der Waals surface area contributed by atoms with E-state index in [1.54, 1.807) is 12.0 Å². The van der Waals surface area contributed by atoms with Crippen LogP contribution in [-0.4, -0.2) is 33.2 Å². The Balaban J connectivity index is 1.48. The van der Waals surface area contributed by atoms with Crippen molar-refractivity contribution in [1.29, 1.82) is 0 Å². The first kappa shape index (κ1) is 24.0. The molecule has 0 saturated carbocycles. The SMILES string of the molecule is CC(C)CCSO[C@@H]1C=C[C@H](n2c3ccc(Br)cc3c3c4c(c5c6ccccc6[nH]c5c32)C(=O)NC4=O)C1. The van der Waals surface area contributed by atoms with Crippen molar-refractivity contribution in [1.82, 2.24) is 14.9 Å². The minimum atomic E-state index is -0.342. The van der Waals surface area contributed by atoms with Crippen molar-refractivity contribution in [2.45, 2.75) is 38.8 Å². The van der Waals surface area contributed by atoms with Crippen LogP contribution in [0, 0.1) is 5.92 Å². The van der Waals surface area contributed by atoms with Gasteiger partial charge in [0.2, 0.25) is 0 Å². The molecule has 6 nitrogen and oxygen atoms in total. The molecule has 38 heavy (non-hydrogen) atoms. The molecule has 2 aliphatic rings. The zero-order chi connectivity index (χ0) is 26.1. The Hall–Kier alpha value is -3.07. The fourth-order valence-corrected chi connectivity index (χ4v) is 7.31. The lowest BCUT2D eigenvalue weighted by Gasteiger charge is -2.17. The molecule has 2 atom stereocenters. The third-order valence-corrected chi connectivity index (χ3v) is 8.94. The topological polar surface area (TPSA) is 76.1 Å². The molecule has 7 rings (SSSR count). The predicted octanol–water partition coefficient (Wildman–Crippen LogP) is 7.66. The first-order valence-electron chi connectivity index (χ1n) is 12.9. The molecule has 0 unspecified atom stereocenters. The van der Waals surface area contributed by atoms with Gasteiger partial charge in [-0.05, 0) is 48.6 Å². The maximum atomic E-state index is 13.3. The van der Waals surface area contributed by atoms with Crippen molar-refractivity contribution in [3.05, 3.63) is 70.2 Å². The summed E-state index contributed by atoms with van der Waals surface area (Å²) in [6.07, 6.45) is 6.29. The molecular formula is C30H26BrN3O3S. The zero-order valence-electron chi connectivity index (χ0n) is 21.0. The number of aromatic nitrogens is 2. The first-order chi connectivity index (χ1) is 18.4. The van der Waals surface area contributed by atoms with Gasteiger partial charge in [0.1, 0.15) is 0 Å². The van der Waals surface area contributed by atoms with Gasteiger partial charge in [-0.2, -0.15) is 0 Å². The van der Waals surface area contributed by atoms with Crippen LogP contribution in [-0.2, 0) is 4.18 Å². The summed E-state index contributed by atoms with van der Waals surface area (Å²) in [4.78, 5) is 30.1. The number of halogens is 1. The molecule has 0 radical (unpaired) electrons. The summed E-state index contributed by atoms with van der Waals surface area (Å²) >= 11 is 5.18. The number of allylic oxidation sites excluding steroid dienone is 1. The van der Waals surface area contributed by atoms with Crippen LogP contribution in [0.15, 0.2) is 59.1 Å². The maximum Gasteiger partial charge on any atom is 0.259 e. The average Bonchev–Trinajstić information content (AvgIpc) is 3.64.